The predicted octanol–water partition coefficient (Wildman–Crippen LogP) is 2.02. The van der Waals surface area contributed by atoms with Crippen molar-refractivity contribution in [1.29, 1.82) is 0 Å². The Hall–Kier alpha value is -1.88. The Morgan fingerprint density at radius 2 is 1.92 bits per heavy atom. The fraction of sp³-hybridized carbons (Fsp3) is 0.600. The first-order valence-corrected chi connectivity index (χ1v) is 9.41. The van der Waals surface area contributed by atoms with E-state index in [0.717, 1.165) is 45.4 Å². The highest BCUT2D eigenvalue weighted by molar-refractivity contribution is 5.88. The summed E-state index contributed by atoms with van der Waals surface area (Å²) >= 11 is 0. The topological polar surface area (TPSA) is 52.7 Å². The van der Waals surface area contributed by atoms with E-state index in [0.29, 0.717) is 0 Å². The van der Waals surface area contributed by atoms with Gasteiger partial charge in [0, 0.05) is 38.1 Å². The van der Waals surface area contributed by atoms with Gasteiger partial charge in [0.05, 0.1) is 0 Å². The van der Waals surface area contributed by atoms with E-state index in [9.17, 15) is 9.59 Å². The van der Waals surface area contributed by atoms with Gasteiger partial charge in [-0.25, -0.2) is 0 Å². The fourth-order valence-corrected chi connectivity index (χ4v) is 3.66. The number of rotatable bonds is 5. The summed E-state index contributed by atoms with van der Waals surface area (Å²) in [7, 11) is 0. The molecule has 0 spiro atoms. The first-order chi connectivity index (χ1) is 12.0. The van der Waals surface area contributed by atoms with Gasteiger partial charge in [-0.15, -0.1) is 0 Å². The van der Waals surface area contributed by atoms with Crippen LogP contribution in [0.25, 0.3) is 0 Å². The standard InChI is InChI=1S/C20H29N3O2/c1-15-13-22(14-17-7-4-3-5-8-17)11-12-23(15)20(25)16(2)21-19(24)18-9-6-10-18/h3-5,7-8,15-16,18H,6,9-14H2,1-2H3,(H,21,24)/t15-,16-/m0/s1. The SMILES string of the molecule is C[C@H](NC(=O)C1CCC1)C(=O)N1CCN(Cc2ccccc2)C[C@@H]1C. The molecule has 2 aliphatic rings. The van der Waals surface area contributed by atoms with Gasteiger partial charge in [-0.2, -0.15) is 0 Å². The zero-order valence-electron chi connectivity index (χ0n) is 15.3. The molecule has 1 heterocycles. The molecular weight excluding hydrogens is 314 g/mol. The summed E-state index contributed by atoms with van der Waals surface area (Å²) in [5, 5.41) is 2.91. The molecule has 1 saturated heterocycles. The number of carbonyl (C=O) groups is 2. The lowest BCUT2D eigenvalue weighted by atomic mass is 9.84. The van der Waals surface area contributed by atoms with Crippen molar-refractivity contribution in [1.82, 2.24) is 15.1 Å². The monoisotopic (exact) mass is 343 g/mol. The second-order valence-corrected chi connectivity index (χ2v) is 7.46. The van der Waals surface area contributed by atoms with Crippen molar-refractivity contribution in [2.45, 2.75) is 51.7 Å². The second-order valence-electron chi connectivity index (χ2n) is 7.46. The number of carbonyl (C=O) groups excluding carboxylic acids is 2. The molecule has 1 saturated carbocycles. The molecule has 25 heavy (non-hydrogen) atoms. The molecule has 5 nitrogen and oxygen atoms in total. The lowest BCUT2D eigenvalue weighted by Crippen LogP contribution is -2.58. The van der Waals surface area contributed by atoms with Crippen LogP contribution in [0.1, 0.15) is 38.7 Å². The van der Waals surface area contributed by atoms with Crippen LogP contribution in [0.15, 0.2) is 30.3 Å². The Balaban J connectivity index is 1.50. The highest BCUT2D eigenvalue weighted by Gasteiger charge is 2.32. The van der Waals surface area contributed by atoms with Crippen LogP contribution in [-0.2, 0) is 16.1 Å². The van der Waals surface area contributed by atoms with Crippen molar-refractivity contribution in [3.63, 3.8) is 0 Å². The largest absolute Gasteiger partial charge is 0.344 e. The minimum Gasteiger partial charge on any atom is -0.344 e. The van der Waals surface area contributed by atoms with Crippen LogP contribution in [0.4, 0.5) is 0 Å². The number of nitrogens with zero attached hydrogens (tertiary/aromatic N) is 2. The lowest BCUT2D eigenvalue weighted by molar-refractivity contribution is -0.141. The van der Waals surface area contributed by atoms with Crippen LogP contribution in [0.5, 0.6) is 0 Å². The first kappa shape index (κ1) is 17.9. The Morgan fingerprint density at radius 1 is 1.20 bits per heavy atom. The summed E-state index contributed by atoms with van der Waals surface area (Å²) in [6.45, 7) is 7.27. The molecule has 0 radical (unpaired) electrons. The van der Waals surface area contributed by atoms with E-state index in [4.69, 9.17) is 0 Å². The second kappa shape index (κ2) is 8.00. The smallest absolute Gasteiger partial charge is 0.245 e. The normalized spacial score (nSPS) is 23.0. The van der Waals surface area contributed by atoms with Crippen molar-refractivity contribution in [2.24, 2.45) is 5.92 Å². The van der Waals surface area contributed by atoms with Crippen molar-refractivity contribution >= 4 is 11.8 Å². The average Bonchev–Trinajstić information content (AvgIpc) is 2.53. The van der Waals surface area contributed by atoms with E-state index in [1.54, 1.807) is 0 Å². The Labute approximate surface area is 150 Å². The molecule has 136 valence electrons. The molecule has 1 aromatic carbocycles. The molecule has 1 aliphatic carbocycles. The molecule has 2 fully saturated rings. The molecule has 2 atom stereocenters. The summed E-state index contributed by atoms with van der Waals surface area (Å²) in [5.74, 6) is 0.206. The van der Waals surface area contributed by atoms with Crippen LogP contribution in [0, 0.1) is 5.92 Å². The number of hydrogen-bond acceptors (Lipinski definition) is 3. The third-order valence-electron chi connectivity index (χ3n) is 5.45. The van der Waals surface area contributed by atoms with Gasteiger partial charge in [0.15, 0.2) is 0 Å². The Bertz CT molecular complexity index is 600. The molecular formula is C20H29N3O2. The van der Waals surface area contributed by atoms with Crippen LogP contribution >= 0.6 is 0 Å². The summed E-state index contributed by atoms with van der Waals surface area (Å²) in [4.78, 5) is 29.1. The minimum atomic E-state index is -0.434. The Morgan fingerprint density at radius 3 is 2.52 bits per heavy atom. The molecule has 2 amide bonds. The van der Waals surface area contributed by atoms with Crippen LogP contribution in [0.2, 0.25) is 0 Å². The maximum Gasteiger partial charge on any atom is 0.245 e. The van der Waals surface area contributed by atoms with Gasteiger partial charge in [-0.3, -0.25) is 14.5 Å². The Kier molecular flexibility index (Phi) is 5.74. The summed E-state index contributed by atoms with van der Waals surface area (Å²) in [6.07, 6.45) is 3.05. The van der Waals surface area contributed by atoms with Gasteiger partial charge in [0.1, 0.15) is 6.04 Å². The number of piperazine rings is 1. The number of nitrogens with one attached hydrogen (secondary N) is 1. The van der Waals surface area contributed by atoms with Gasteiger partial charge in [0.2, 0.25) is 11.8 Å². The highest BCUT2D eigenvalue weighted by Crippen LogP contribution is 2.26. The van der Waals surface area contributed by atoms with Crippen molar-refractivity contribution in [3.05, 3.63) is 35.9 Å². The van der Waals surface area contributed by atoms with Gasteiger partial charge in [-0.05, 0) is 32.3 Å². The van der Waals surface area contributed by atoms with Gasteiger partial charge >= 0.3 is 0 Å². The van der Waals surface area contributed by atoms with Crippen molar-refractivity contribution in [3.8, 4) is 0 Å². The van der Waals surface area contributed by atoms with E-state index < -0.39 is 6.04 Å². The molecule has 0 bridgehead atoms. The summed E-state index contributed by atoms with van der Waals surface area (Å²) in [6, 6.07) is 10.2. The van der Waals surface area contributed by atoms with Gasteiger partial charge in [-0.1, -0.05) is 36.8 Å². The van der Waals surface area contributed by atoms with Crippen molar-refractivity contribution in [2.75, 3.05) is 19.6 Å². The molecule has 1 aromatic rings. The van der Waals surface area contributed by atoms with E-state index in [-0.39, 0.29) is 23.8 Å². The predicted molar refractivity (Wildman–Crippen MR) is 97.8 cm³/mol. The number of amides is 2. The van der Waals surface area contributed by atoms with E-state index in [2.05, 4.69) is 41.4 Å². The van der Waals surface area contributed by atoms with Gasteiger partial charge in [0.25, 0.3) is 0 Å². The molecule has 0 unspecified atom stereocenters. The molecule has 1 aliphatic heterocycles. The maximum atomic E-state index is 12.7. The summed E-state index contributed by atoms with van der Waals surface area (Å²) in [5.41, 5.74) is 1.30. The average molecular weight is 343 g/mol. The lowest BCUT2D eigenvalue weighted by Gasteiger charge is -2.41. The van der Waals surface area contributed by atoms with E-state index in [1.165, 1.54) is 5.56 Å². The third kappa shape index (κ3) is 4.40. The third-order valence-corrected chi connectivity index (χ3v) is 5.45. The summed E-state index contributed by atoms with van der Waals surface area (Å²) < 4.78 is 0. The van der Waals surface area contributed by atoms with Crippen LogP contribution < -0.4 is 5.32 Å². The zero-order chi connectivity index (χ0) is 17.8. The molecule has 1 N–H and O–H groups in total. The fourth-order valence-electron chi connectivity index (χ4n) is 3.66. The van der Waals surface area contributed by atoms with E-state index >= 15 is 0 Å². The van der Waals surface area contributed by atoms with Crippen LogP contribution in [-0.4, -0.2) is 53.3 Å². The number of hydrogen-bond donors (Lipinski definition) is 1. The quantitative estimate of drug-likeness (QED) is 0.890. The van der Waals surface area contributed by atoms with Crippen molar-refractivity contribution < 1.29 is 9.59 Å². The molecule has 5 heteroatoms. The van der Waals surface area contributed by atoms with Gasteiger partial charge < -0.3 is 10.2 Å². The number of benzene rings is 1. The zero-order valence-corrected chi connectivity index (χ0v) is 15.3. The first-order valence-electron chi connectivity index (χ1n) is 9.41. The molecule has 0 aromatic heterocycles. The van der Waals surface area contributed by atoms with Crippen LogP contribution in [0.3, 0.4) is 0 Å². The van der Waals surface area contributed by atoms with E-state index in [1.807, 2.05) is 17.9 Å². The maximum absolute atomic E-state index is 12.7. The molecule has 3 rings (SSSR count). The minimum absolute atomic E-state index is 0.0412. The highest BCUT2D eigenvalue weighted by atomic mass is 16.2.